The smallest absolute Gasteiger partial charge is 0.196 e. The normalized spacial score (nSPS) is 10.0. The van der Waals surface area contributed by atoms with Crippen molar-refractivity contribution in [3.05, 3.63) is 30.8 Å². The predicted octanol–water partition coefficient (Wildman–Crippen LogP) is 0.860. The molecule has 0 saturated carbocycles. The average Bonchev–Trinajstić information content (AvgIpc) is 2.59. The highest BCUT2D eigenvalue weighted by Crippen LogP contribution is 1.99. The Hall–Kier alpha value is -1.58. The van der Waals surface area contributed by atoms with Crippen LogP contribution in [0.1, 0.15) is 0 Å². The molecule has 50 valence electrons. The molecule has 0 amide bonds. The van der Waals surface area contributed by atoms with Gasteiger partial charge in [-0.3, -0.25) is 0 Å². The maximum Gasteiger partial charge on any atom is 0.196 e. The van der Waals surface area contributed by atoms with E-state index in [-0.39, 0.29) is 0 Å². The van der Waals surface area contributed by atoms with Crippen LogP contribution in [-0.4, -0.2) is 14.9 Å². The third kappa shape index (κ3) is 0.699. The largest absolute Gasteiger partial charge is 0.363 e. The SMILES string of the molecule is c1cnn(-c2ccon2)c1. The van der Waals surface area contributed by atoms with E-state index in [1.54, 1.807) is 23.1 Å². The Kier molecular flexibility index (Phi) is 1.04. The summed E-state index contributed by atoms with van der Waals surface area (Å²) < 4.78 is 6.26. The molecular weight excluding hydrogens is 130 g/mol. The number of aromatic nitrogens is 3. The molecule has 0 spiro atoms. The maximum absolute atomic E-state index is 4.63. The molecule has 0 N–H and O–H groups in total. The first kappa shape index (κ1) is 5.22. The third-order valence-electron chi connectivity index (χ3n) is 1.16. The fourth-order valence-electron chi connectivity index (χ4n) is 0.729. The van der Waals surface area contributed by atoms with Gasteiger partial charge in [-0.1, -0.05) is 5.16 Å². The Morgan fingerprint density at radius 3 is 3.10 bits per heavy atom. The van der Waals surface area contributed by atoms with Gasteiger partial charge in [0.25, 0.3) is 0 Å². The quantitative estimate of drug-likeness (QED) is 0.582. The van der Waals surface area contributed by atoms with Crippen LogP contribution in [0.3, 0.4) is 0 Å². The summed E-state index contributed by atoms with van der Waals surface area (Å²) in [5, 5.41) is 7.64. The van der Waals surface area contributed by atoms with Gasteiger partial charge < -0.3 is 4.52 Å². The van der Waals surface area contributed by atoms with Crippen molar-refractivity contribution in [1.82, 2.24) is 14.9 Å². The van der Waals surface area contributed by atoms with E-state index in [0.717, 1.165) is 0 Å². The molecule has 2 heterocycles. The Balaban J connectivity index is 2.48. The van der Waals surface area contributed by atoms with Gasteiger partial charge in [0.15, 0.2) is 5.82 Å². The van der Waals surface area contributed by atoms with Gasteiger partial charge in [0.1, 0.15) is 6.26 Å². The predicted molar refractivity (Wildman–Crippen MR) is 33.6 cm³/mol. The lowest BCUT2D eigenvalue weighted by Gasteiger charge is -1.88. The fraction of sp³-hybridized carbons (Fsp3) is 0. The van der Waals surface area contributed by atoms with Crippen LogP contribution in [0, 0.1) is 0 Å². The minimum atomic E-state index is 0.699. The monoisotopic (exact) mass is 135 g/mol. The number of hydrogen-bond donors (Lipinski definition) is 0. The van der Waals surface area contributed by atoms with Crippen molar-refractivity contribution in [2.75, 3.05) is 0 Å². The Morgan fingerprint density at radius 1 is 1.50 bits per heavy atom. The highest BCUT2D eigenvalue weighted by molar-refractivity contribution is 5.15. The fourth-order valence-corrected chi connectivity index (χ4v) is 0.729. The van der Waals surface area contributed by atoms with Gasteiger partial charge in [-0.15, -0.1) is 0 Å². The number of hydrogen-bond acceptors (Lipinski definition) is 3. The number of rotatable bonds is 1. The zero-order valence-corrected chi connectivity index (χ0v) is 5.14. The summed E-state index contributed by atoms with van der Waals surface area (Å²) in [5.41, 5.74) is 0. The third-order valence-corrected chi connectivity index (χ3v) is 1.16. The summed E-state index contributed by atoms with van der Waals surface area (Å²) >= 11 is 0. The van der Waals surface area contributed by atoms with Crippen LogP contribution < -0.4 is 0 Å². The molecule has 0 bridgehead atoms. The molecule has 4 heteroatoms. The lowest BCUT2D eigenvalue weighted by atomic mass is 10.6. The molecule has 4 nitrogen and oxygen atoms in total. The molecule has 2 aromatic rings. The van der Waals surface area contributed by atoms with Crippen LogP contribution in [-0.2, 0) is 0 Å². The van der Waals surface area contributed by atoms with E-state index in [9.17, 15) is 0 Å². The average molecular weight is 135 g/mol. The molecule has 0 aliphatic heterocycles. The van der Waals surface area contributed by atoms with Gasteiger partial charge >= 0.3 is 0 Å². The van der Waals surface area contributed by atoms with E-state index in [1.165, 1.54) is 6.26 Å². The zero-order valence-electron chi connectivity index (χ0n) is 5.14. The maximum atomic E-state index is 4.63. The summed E-state index contributed by atoms with van der Waals surface area (Å²) in [6, 6.07) is 3.57. The standard InChI is InChI=1S/C6H5N3O/c1-3-7-9(4-1)6-2-5-10-8-6/h1-5H. The Labute approximate surface area is 57.1 Å². The molecule has 0 aliphatic rings. The molecule has 0 radical (unpaired) electrons. The van der Waals surface area contributed by atoms with E-state index < -0.39 is 0 Å². The highest BCUT2D eigenvalue weighted by Gasteiger charge is 1.95. The molecule has 10 heavy (non-hydrogen) atoms. The lowest BCUT2D eigenvalue weighted by molar-refractivity contribution is 0.415. The summed E-state index contributed by atoms with van der Waals surface area (Å²) in [4.78, 5) is 0. The first-order valence-corrected chi connectivity index (χ1v) is 2.87. The van der Waals surface area contributed by atoms with Gasteiger partial charge in [0, 0.05) is 18.5 Å². The summed E-state index contributed by atoms with van der Waals surface area (Å²) in [6.45, 7) is 0. The van der Waals surface area contributed by atoms with Crippen LogP contribution >= 0.6 is 0 Å². The lowest BCUT2D eigenvalue weighted by Crippen LogP contribution is -1.92. The van der Waals surface area contributed by atoms with Crippen LogP contribution in [0.15, 0.2) is 35.3 Å². The summed E-state index contributed by atoms with van der Waals surface area (Å²) in [6.07, 6.45) is 5.00. The number of nitrogens with zero attached hydrogens (tertiary/aromatic N) is 3. The van der Waals surface area contributed by atoms with Crippen molar-refractivity contribution in [2.45, 2.75) is 0 Å². The van der Waals surface area contributed by atoms with Crippen molar-refractivity contribution in [3.63, 3.8) is 0 Å². The molecule has 2 aromatic heterocycles. The Bertz CT molecular complexity index is 252. The van der Waals surface area contributed by atoms with Crippen molar-refractivity contribution < 1.29 is 4.52 Å². The minimum Gasteiger partial charge on any atom is -0.363 e. The van der Waals surface area contributed by atoms with Crippen molar-refractivity contribution in [3.8, 4) is 5.82 Å². The van der Waals surface area contributed by atoms with Crippen molar-refractivity contribution >= 4 is 0 Å². The molecule has 0 atom stereocenters. The first-order chi connectivity index (χ1) is 4.97. The second-order valence-electron chi connectivity index (χ2n) is 1.81. The summed E-state index contributed by atoms with van der Waals surface area (Å²) in [5.74, 6) is 0.699. The van der Waals surface area contributed by atoms with Crippen molar-refractivity contribution in [2.24, 2.45) is 0 Å². The zero-order chi connectivity index (χ0) is 6.81. The van der Waals surface area contributed by atoms with Crippen LogP contribution in [0.25, 0.3) is 5.82 Å². The van der Waals surface area contributed by atoms with Gasteiger partial charge in [-0.05, 0) is 6.07 Å². The second-order valence-corrected chi connectivity index (χ2v) is 1.81. The molecule has 0 unspecified atom stereocenters. The molecule has 0 aliphatic carbocycles. The minimum absolute atomic E-state index is 0.699. The van der Waals surface area contributed by atoms with E-state index in [2.05, 4.69) is 14.8 Å². The van der Waals surface area contributed by atoms with E-state index in [1.807, 2.05) is 6.07 Å². The van der Waals surface area contributed by atoms with E-state index in [4.69, 9.17) is 0 Å². The van der Waals surface area contributed by atoms with E-state index >= 15 is 0 Å². The Morgan fingerprint density at radius 2 is 2.50 bits per heavy atom. The van der Waals surface area contributed by atoms with Gasteiger partial charge in [-0.2, -0.15) is 5.10 Å². The second kappa shape index (κ2) is 1.98. The van der Waals surface area contributed by atoms with Crippen LogP contribution in [0.5, 0.6) is 0 Å². The molecule has 0 fully saturated rings. The molecular formula is C6H5N3O. The van der Waals surface area contributed by atoms with Crippen LogP contribution in [0.2, 0.25) is 0 Å². The van der Waals surface area contributed by atoms with Crippen molar-refractivity contribution in [1.29, 1.82) is 0 Å². The summed E-state index contributed by atoms with van der Waals surface area (Å²) in [7, 11) is 0. The van der Waals surface area contributed by atoms with Crippen LogP contribution in [0.4, 0.5) is 0 Å². The molecule has 2 rings (SSSR count). The molecule has 0 aromatic carbocycles. The first-order valence-electron chi connectivity index (χ1n) is 2.87. The topological polar surface area (TPSA) is 43.9 Å². The van der Waals surface area contributed by atoms with E-state index in [0.29, 0.717) is 5.82 Å². The van der Waals surface area contributed by atoms with Gasteiger partial charge in [0.2, 0.25) is 0 Å². The molecule has 0 saturated heterocycles. The van der Waals surface area contributed by atoms with Gasteiger partial charge in [-0.25, -0.2) is 4.68 Å². The highest BCUT2D eigenvalue weighted by atomic mass is 16.5. The van der Waals surface area contributed by atoms with Gasteiger partial charge in [0.05, 0.1) is 0 Å².